The third kappa shape index (κ3) is 5.51. The van der Waals surface area contributed by atoms with Crippen molar-refractivity contribution < 1.29 is 0 Å². The molecule has 1 aromatic heterocycles. The molecule has 0 amide bonds. The molecule has 0 bridgehead atoms. The Bertz CT molecular complexity index is 3170. The summed E-state index contributed by atoms with van der Waals surface area (Å²) >= 11 is 1.87. The predicted octanol–water partition coefficient (Wildman–Crippen LogP) is 16.0. The number of hydrogen-bond acceptors (Lipinski definition) is 2. The Labute approximate surface area is 337 Å². The van der Waals surface area contributed by atoms with E-state index in [2.05, 4.69) is 219 Å². The van der Waals surface area contributed by atoms with Crippen LogP contribution in [0.15, 0.2) is 200 Å². The number of benzene rings is 9. The minimum absolute atomic E-state index is 0.0843. The molecule has 2 heteroatoms. The lowest BCUT2D eigenvalue weighted by atomic mass is 9.82. The first-order valence-corrected chi connectivity index (χ1v) is 20.6. The monoisotopic (exact) mass is 745 g/mol. The largest absolute Gasteiger partial charge is 0.310 e. The van der Waals surface area contributed by atoms with Crippen molar-refractivity contribution in [3.8, 4) is 44.5 Å². The van der Waals surface area contributed by atoms with Crippen molar-refractivity contribution in [3.05, 3.63) is 211 Å². The maximum atomic E-state index is 2.45. The highest BCUT2D eigenvalue weighted by Gasteiger charge is 2.37. The van der Waals surface area contributed by atoms with E-state index in [4.69, 9.17) is 0 Å². The van der Waals surface area contributed by atoms with Crippen LogP contribution in [0.4, 0.5) is 17.1 Å². The normalized spacial score (nSPS) is 12.9. The molecule has 1 heterocycles. The second-order valence-corrected chi connectivity index (χ2v) is 16.8. The molecule has 0 spiro atoms. The van der Waals surface area contributed by atoms with Crippen LogP contribution in [0.25, 0.3) is 75.5 Å². The standard InChI is InChI=1S/C55H39NS/c1-55(2)49-21-8-5-19-48(49)54-47(20-12-22-50(54)55)44-17-6-9-23-51(44)56(42-30-27-37(28-31-42)40-26-25-36-13-3-4-14-38(36)33-40)43-16-11-15-39(34-43)41-29-32-46-45-18-7-10-24-52(45)57-53(46)35-41/h3-35H,1-2H3. The van der Waals surface area contributed by atoms with E-state index in [9.17, 15) is 0 Å². The summed E-state index contributed by atoms with van der Waals surface area (Å²) in [4.78, 5) is 2.45. The molecule has 0 aliphatic heterocycles. The third-order valence-electron chi connectivity index (χ3n) is 12.1. The first-order chi connectivity index (χ1) is 28.0. The second kappa shape index (κ2) is 13.2. The van der Waals surface area contributed by atoms with Gasteiger partial charge in [-0.2, -0.15) is 0 Å². The molecule has 1 nitrogen and oxygen atoms in total. The van der Waals surface area contributed by atoms with Gasteiger partial charge in [0.05, 0.1) is 5.69 Å². The molecule has 0 saturated carbocycles. The summed E-state index contributed by atoms with van der Waals surface area (Å²) in [5.74, 6) is 0. The van der Waals surface area contributed by atoms with E-state index < -0.39 is 0 Å². The molecular weight excluding hydrogens is 707 g/mol. The van der Waals surface area contributed by atoms with Crippen molar-refractivity contribution in [1.29, 1.82) is 0 Å². The number of anilines is 3. The van der Waals surface area contributed by atoms with Crippen molar-refractivity contribution in [3.63, 3.8) is 0 Å². The number of hydrogen-bond donors (Lipinski definition) is 0. The van der Waals surface area contributed by atoms with Gasteiger partial charge in [0.2, 0.25) is 0 Å². The summed E-state index contributed by atoms with van der Waals surface area (Å²) in [6.45, 7) is 4.72. The molecule has 11 rings (SSSR count). The van der Waals surface area contributed by atoms with E-state index in [0.29, 0.717) is 0 Å². The maximum absolute atomic E-state index is 2.45. The zero-order valence-electron chi connectivity index (χ0n) is 31.9. The molecule has 0 radical (unpaired) electrons. The van der Waals surface area contributed by atoms with Crippen LogP contribution in [0.1, 0.15) is 25.0 Å². The fourth-order valence-corrected chi connectivity index (χ4v) is 10.3. The zero-order chi connectivity index (χ0) is 38.1. The lowest BCUT2D eigenvalue weighted by Gasteiger charge is -2.29. The summed E-state index contributed by atoms with van der Waals surface area (Å²) in [7, 11) is 0. The second-order valence-electron chi connectivity index (χ2n) is 15.7. The SMILES string of the molecule is CC1(C)c2ccccc2-c2c(-c3ccccc3N(c3ccc(-c4ccc5ccccc5c4)cc3)c3cccc(-c4ccc5c(c4)sc4ccccc45)c3)cccc21. The fourth-order valence-electron chi connectivity index (χ4n) is 9.20. The minimum Gasteiger partial charge on any atom is -0.310 e. The summed E-state index contributed by atoms with van der Waals surface area (Å²) < 4.78 is 2.64. The highest BCUT2D eigenvalue weighted by atomic mass is 32.1. The van der Waals surface area contributed by atoms with Gasteiger partial charge in [0.15, 0.2) is 0 Å². The van der Waals surface area contributed by atoms with Crippen LogP contribution in [0.2, 0.25) is 0 Å². The summed E-state index contributed by atoms with van der Waals surface area (Å²) in [5, 5.41) is 5.15. The van der Waals surface area contributed by atoms with Crippen LogP contribution in [0, 0.1) is 0 Å². The van der Waals surface area contributed by atoms with Gasteiger partial charge in [0.25, 0.3) is 0 Å². The Morgan fingerprint density at radius 1 is 0.386 bits per heavy atom. The van der Waals surface area contributed by atoms with Crippen molar-refractivity contribution in [2.24, 2.45) is 0 Å². The van der Waals surface area contributed by atoms with Gasteiger partial charge >= 0.3 is 0 Å². The Morgan fingerprint density at radius 2 is 1.02 bits per heavy atom. The van der Waals surface area contributed by atoms with Gasteiger partial charge in [-0.05, 0) is 109 Å². The molecule has 10 aromatic rings. The van der Waals surface area contributed by atoms with Gasteiger partial charge in [-0.1, -0.05) is 166 Å². The van der Waals surface area contributed by atoms with Crippen LogP contribution in [0.3, 0.4) is 0 Å². The molecule has 0 saturated heterocycles. The molecule has 0 fully saturated rings. The number of para-hydroxylation sites is 1. The molecule has 57 heavy (non-hydrogen) atoms. The third-order valence-corrected chi connectivity index (χ3v) is 13.2. The molecule has 0 N–H and O–H groups in total. The van der Waals surface area contributed by atoms with Gasteiger partial charge in [0.1, 0.15) is 0 Å². The van der Waals surface area contributed by atoms with Crippen LogP contribution < -0.4 is 4.90 Å². The Balaban J connectivity index is 1.08. The van der Waals surface area contributed by atoms with Gasteiger partial charge in [-0.25, -0.2) is 0 Å². The van der Waals surface area contributed by atoms with Crippen LogP contribution >= 0.6 is 11.3 Å². The number of fused-ring (bicyclic) bond motifs is 7. The van der Waals surface area contributed by atoms with Gasteiger partial charge in [-0.15, -0.1) is 11.3 Å². The number of thiophene rings is 1. The zero-order valence-corrected chi connectivity index (χ0v) is 32.7. The molecule has 270 valence electrons. The predicted molar refractivity (Wildman–Crippen MR) is 245 cm³/mol. The van der Waals surface area contributed by atoms with Gasteiger partial charge in [-0.3, -0.25) is 0 Å². The summed E-state index contributed by atoms with van der Waals surface area (Å²) in [6.07, 6.45) is 0. The Kier molecular flexibility index (Phi) is 7.77. The quantitative estimate of drug-likeness (QED) is 0.164. The van der Waals surface area contributed by atoms with E-state index >= 15 is 0 Å². The van der Waals surface area contributed by atoms with E-state index in [1.807, 2.05) is 11.3 Å². The molecule has 0 unspecified atom stereocenters. The molecule has 1 aliphatic carbocycles. The molecule has 0 atom stereocenters. The van der Waals surface area contributed by atoms with Crippen molar-refractivity contribution >= 4 is 59.3 Å². The van der Waals surface area contributed by atoms with Crippen molar-refractivity contribution in [2.45, 2.75) is 19.3 Å². The van der Waals surface area contributed by atoms with Gasteiger partial charge < -0.3 is 4.90 Å². The van der Waals surface area contributed by atoms with Crippen LogP contribution in [-0.4, -0.2) is 0 Å². The first kappa shape index (κ1) is 33.6. The molecule has 9 aromatic carbocycles. The van der Waals surface area contributed by atoms with E-state index in [1.54, 1.807) is 0 Å². The Hall–Kier alpha value is -6.74. The number of nitrogens with zero attached hydrogens (tertiary/aromatic N) is 1. The van der Waals surface area contributed by atoms with E-state index in [0.717, 1.165) is 17.1 Å². The maximum Gasteiger partial charge on any atom is 0.0540 e. The Morgan fingerprint density at radius 3 is 1.91 bits per heavy atom. The average Bonchev–Trinajstić information content (AvgIpc) is 3.75. The van der Waals surface area contributed by atoms with Crippen molar-refractivity contribution in [1.82, 2.24) is 0 Å². The molecule has 1 aliphatic rings. The highest BCUT2D eigenvalue weighted by Crippen LogP contribution is 2.54. The van der Waals surface area contributed by atoms with E-state index in [-0.39, 0.29) is 5.41 Å². The average molecular weight is 746 g/mol. The van der Waals surface area contributed by atoms with E-state index in [1.165, 1.54) is 86.6 Å². The fraction of sp³-hybridized carbons (Fsp3) is 0.0545. The first-order valence-electron chi connectivity index (χ1n) is 19.8. The molecular formula is C55H39NS. The topological polar surface area (TPSA) is 3.24 Å². The number of rotatable bonds is 6. The van der Waals surface area contributed by atoms with Gasteiger partial charge in [0, 0.05) is 42.5 Å². The lowest BCUT2D eigenvalue weighted by Crippen LogP contribution is -2.14. The summed E-state index contributed by atoms with van der Waals surface area (Å²) in [5.41, 5.74) is 16.0. The summed E-state index contributed by atoms with van der Waals surface area (Å²) in [6, 6.07) is 73.9. The highest BCUT2D eigenvalue weighted by molar-refractivity contribution is 7.25. The van der Waals surface area contributed by atoms with Crippen LogP contribution in [0.5, 0.6) is 0 Å². The lowest BCUT2D eigenvalue weighted by molar-refractivity contribution is 0.660. The van der Waals surface area contributed by atoms with Crippen LogP contribution in [-0.2, 0) is 5.41 Å². The minimum atomic E-state index is -0.0843. The smallest absolute Gasteiger partial charge is 0.0540 e. The van der Waals surface area contributed by atoms with Crippen molar-refractivity contribution in [2.75, 3.05) is 4.90 Å².